The molecular formula is C11H19NO2. The lowest BCUT2D eigenvalue weighted by Gasteiger charge is -2.27. The fraction of sp³-hybridized carbons (Fsp3) is 0.636. The van der Waals surface area contributed by atoms with Crippen LogP contribution >= 0.6 is 0 Å². The zero-order valence-corrected chi connectivity index (χ0v) is 8.78. The number of nitrogens with zero attached hydrogens (tertiary/aromatic N) is 1. The van der Waals surface area contributed by atoms with E-state index < -0.39 is 0 Å². The van der Waals surface area contributed by atoms with Crippen LogP contribution in [0.2, 0.25) is 0 Å². The molecule has 3 nitrogen and oxygen atoms in total. The van der Waals surface area contributed by atoms with Gasteiger partial charge in [0.15, 0.2) is 0 Å². The van der Waals surface area contributed by atoms with Crippen molar-refractivity contribution in [3.63, 3.8) is 0 Å². The van der Waals surface area contributed by atoms with Gasteiger partial charge in [-0.15, -0.1) is 0 Å². The van der Waals surface area contributed by atoms with Crippen molar-refractivity contribution >= 4 is 0 Å². The Morgan fingerprint density at radius 1 is 1.43 bits per heavy atom. The highest BCUT2D eigenvalue weighted by atomic mass is 16.5. The highest BCUT2D eigenvalue weighted by Crippen LogP contribution is 2.02. The van der Waals surface area contributed by atoms with Crippen molar-refractivity contribution in [1.29, 1.82) is 0 Å². The molecule has 1 fully saturated rings. The maximum Gasteiger partial charge on any atom is 0.0657 e. The van der Waals surface area contributed by atoms with E-state index in [-0.39, 0.29) is 6.61 Å². The molecule has 1 saturated heterocycles. The van der Waals surface area contributed by atoms with Crippen LogP contribution in [0.1, 0.15) is 6.92 Å². The van der Waals surface area contributed by atoms with Gasteiger partial charge in [-0.2, -0.15) is 0 Å². The Labute approximate surface area is 85.7 Å². The second kappa shape index (κ2) is 6.76. The van der Waals surface area contributed by atoms with Gasteiger partial charge >= 0.3 is 0 Å². The molecule has 0 aromatic rings. The van der Waals surface area contributed by atoms with E-state index in [2.05, 4.69) is 4.90 Å². The molecule has 1 N–H and O–H groups in total. The van der Waals surface area contributed by atoms with E-state index in [1.807, 2.05) is 25.2 Å². The summed E-state index contributed by atoms with van der Waals surface area (Å²) in [5.74, 6) is 0. The summed E-state index contributed by atoms with van der Waals surface area (Å²) in [7, 11) is 0. The lowest BCUT2D eigenvalue weighted by Crippen LogP contribution is -2.37. The maximum atomic E-state index is 9.12. The highest BCUT2D eigenvalue weighted by molar-refractivity contribution is 5.13. The molecule has 1 rings (SSSR count). The van der Waals surface area contributed by atoms with Gasteiger partial charge in [0.1, 0.15) is 0 Å². The number of morpholine rings is 1. The molecule has 0 spiro atoms. The number of hydrogen-bond acceptors (Lipinski definition) is 3. The van der Waals surface area contributed by atoms with Gasteiger partial charge in [-0.3, -0.25) is 4.90 Å². The van der Waals surface area contributed by atoms with E-state index in [4.69, 9.17) is 9.84 Å². The van der Waals surface area contributed by atoms with Crippen LogP contribution in [0.25, 0.3) is 0 Å². The van der Waals surface area contributed by atoms with Crippen molar-refractivity contribution in [2.75, 3.05) is 39.5 Å². The Morgan fingerprint density at radius 3 is 2.71 bits per heavy atom. The van der Waals surface area contributed by atoms with Crippen LogP contribution in [0.5, 0.6) is 0 Å². The number of hydrogen-bond donors (Lipinski definition) is 1. The quantitative estimate of drug-likeness (QED) is 0.677. The molecule has 14 heavy (non-hydrogen) atoms. The molecule has 0 aromatic carbocycles. The van der Waals surface area contributed by atoms with Gasteiger partial charge in [0.05, 0.1) is 19.8 Å². The summed E-state index contributed by atoms with van der Waals surface area (Å²) in [6, 6.07) is 0. The average Bonchev–Trinajstić information content (AvgIpc) is 2.25. The Bertz CT molecular complexity index is 205. The first-order chi connectivity index (χ1) is 6.86. The van der Waals surface area contributed by atoms with Gasteiger partial charge in [0.25, 0.3) is 0 Å². The molecule has 80 valence electrons. The Morgan fingerprint density at radius 2 is 2.14 bits per heavy atom. The minimum atomic E-state index is 0.141. The summed E-state index contributed by atoms with van der Waals surface area (Å²) >= 11 is 0. The van der Waals surface area contributed by atoms with Crippen molar-refractivity contribution in [1.82, 2.24) is 4.90 Å². The molecule has 0 radical (unpaired) electrons. The third-order valence-electron chi connectivity index (χ3n) is 2.26. The number of ether oxygens (including phenoxy) is 1. The monoisotopic (exact) mass is 197 g/mol. The molecule has 0 amide bonds. The number of aliphatic hydroxyl groups excluding tert-OH is 1. The standard InChI is InChI=1S/C11H19NO2/c1-2-3-4-11(10-13)9-12-5-7-14-8-6-12/h2-4,13H,5-10H2,1H3/b3-2-,11-4+. The summed E-state index contributed by atoms with van der Waals surface area (Å²) in [6.45, 7) is 6.51. The molecular weight excluding hydrogens is 178 g/mol. The molecule has 0 aromatic heterocycles. The maximum absolute atomic E-state index is 9.12. The van der Waals surface area contributed by atoms with E-state index in [1.54, 1.807) is 0 Å². The lowest BCUT2D eigenvalue weighted by molar-refractivity contribution is 0.0412. The Kier molecular flexibility index (Phi) is 5.52. The first kappa shape index (κ1) is 11.4. The minimum Gasteiger partial charge on any atom is -0.392 e. The van der Waals surface area contributed by atoms with E-state index in [9.17, 15) is 0 Å². The molecule has 1 aliphatic rings. The summed E-state index contributed by atoms with van der Waals surface area (Å²) < 4.78 is 5.26. The third-order valence-corrected chi connectivity index (χ3v) is 2.26. The predicted octanol–water partition coefficient (Wildman–Crippen LogP) is 0.813. The normalized spacial score (nSPS) is 20.6. The summed E-state index contributed by atoms with van der Waals surface area (Å²) in [6.07, 6.45) is 5.91. The van der Waals surface area contributed by atoms with Crippen molar-refractivity contribution in [2.24, 2.45) is 0 Å². The van der Waals surface area contributed by atoms with Crippen molar-refractivity contribution in [2.45, 2.75) is 6.92 Å². The smallest absolute Gasteiger partial charge is 0.0657 e. The van der Waals surface area contributed by atoms with Crippen LogP contribution in [0.3, 0.4) is 0 Å². The second-order valence-electron chi connectivity index (χ2n) is 3.40. The molecule has 0 bridgehead atoms. The summed E-state index contributed by atoms with van der Waals surface area (Å²) in [4.78, 5) is 2.30. The van der Waals surface area contributed by atoms with Crippen LogP contribution in [-0.2, 0) is 4.74 Å². The third kappa shape index (κ3) is 4.05. The van der Waals surface area contributed by atoms with Gasteiger partial charge in [-0.1, -0.05) is 18.2 Å². The Hall–Kier alpha value is -0.640. The van der Waals surface area contributed by atoms with Crippen molar-refractivity contribution in [3.8, 4) is 0 Å². The second-order valence-corrected chi connectivity index (χ2v) is 3.40. The lowest BCUT2D eigenvalue weighted by atomic mass is 10.2. The largest absolute Gasteiger partial charge is 0.392 e. The SMILES string of the molecule is C/C=C\C=C(\CO)CN1CCOCC1. The van der Waals surface area contributed by atoms with Crippen molar-refractivity contribution < 1.29 is 9.84 Å². The molecule has 0 aliphatic carbocycles. The molecule has 0 saturated carbocycles. The number of aliphatic hydroxyl groups is 1. The van der Waals surface area contributed by atoms with E-state index >= 15 is 0 Å². The first-order valence-corrected chi connectivity index (χ1v) is 5.08. The van der Waals surface area contributed by atoms with Gasteiger partial charge in [0, 0.05) is 19.6 Å². The molecule has 1 heterocycles. The molecule has 3 heteroatoms. The van der Waals surface area contributed by atoms with Crippen LogP contribution in [-0.4, -0.2) is 49.5 Å². The molecule has 1 aliphatic heterocycles. The van der Waals surface area contributed by atoms with E-state index in [0.717, 1.165) is 38.4 Å². The summed E-state index contributed by atoms with van der Waals surface area (Å²) in [5.41, 5.74) is 1.06. The van der Waals surface area contributed by atoms with Crippen LogP contribution in [0.4, 0.5) is 0 Å². The molecule has 0 atom stereocenters. The van der Waals surface area contributed by atoms with Crippen LogP contribution in [0, 0.1) is 0 Å². The number of rotatable bonds is 4. The Balaban J connectivity index is 2.38. The molecule has 0 unspecified atom stereocenters. The fourth-order valence-corrected chi connectivity index (χ4v) is 1.43. The van der Waals surface area contributed by atoms with Crippen molar-refractivity contribution in [3.05, 3.63) is 23.8 Å². The van der Waals surface area contributed by atoms with Gasteiger partial charge < -0.3 is 9.84 Å². The highest BCUT2D eigenvalue weighted by Gasteiger charge is 2.10. The zero-order valence-electron chi connectivity index (χ0n) is 8.78. The fourth-order valence-electron chi connectivity index (χ4n) is 1.43. The minimum absolute atomic E-state index is 0.141. The topological polar surface area (TPSA) is 32.7 Å². The van der Waals surface area contributed by atoms with E-state index in [1.165, 1.54) is 0 Å². The zero-order chi connectivity index (χ0) is 10.2. The van der Waals surface area contributed by atoms with Gasteiger partial charge in [-0.05, 0) is 12.5 Å². The number of allylic oxidation sites excluding steroid dienone is 3. The summed E-state index contributed by atoms with van der Waals surface area (Å²) in [5, 5.41) is 9.12. The average molecular weight is 197 g/mol. The van der Waals surface area contributed by atoms with Gasteiger partial charge in [-0.25, -0.2) is 0 Å². The van der Waals surface area contributed by atoms with E-state index in [0.29, 0.717) is 0 Å². The van der Waals surface area contributed by atoms with Crippen LogP contribution in [0.15, 0.2) is 23.8 Å². The first-order valence-electron chi connectivity index (χ1n) is 5.08. The predicted molar refractivity (Wildman–Crippen MR) is 57.2 cm³/mol. The van der Waals surface area contributed by atoms with Crippen LogP contribution < -0.4 is 0 Å². The van der Waals surface area contributed by atoms with Gasteiger partial charge in [0.2, 0.25) is 0 Å².